The fraction of sp³-hybridized carbons (Fsp3) is 0.571. The molecule has 19 heavy (non-hydrogen) atoms. The molecule has 1 saturated carbocycles. The standard InChI is InChI=1S/C14H20ClN3O/c1-9-7-12(13(15)17-8-9)18-14(19)10-5-3-2-4-6-11(10)16/h7-8,10-11H,2-6,16H2,1H3,(H,18,19). The molecule has 0 aromatic carbocycles. The lowest BCUT2D eigenvalue weighted by Crippen LogP contribution is -2.37. The molecular formula is C14H20ClN3O. The summed E-state index contributed by atoms with van der Waals surface area (Å²) in [4.78, 5) is 16.4. The lowest BCUT2D eigenvalue weighted by atomic mass is 9.94. The number of carbonyl (C=O) groups excluding carboxylic acids is 1. The summed E-state index contributed by atoms with van der Waals surface area (Å²) in [6, 6.07) is 1.77. The first kappa shape index (κ1) is 14.3. The molecule has 1 aromatic heterocycles. The molecule has 104 valence electrons. The maximum absolute atomic E-state index is 12.3. The summed E-state index contributed by atoms with van der Waals surface area (Å²) in [5.74, 6) is -0.164. The number of rotatable bonds is 2. The van der Waals surface area contributed by atoms with Crippen LogP contribution in [0.25, 0.3) is 0 Å². The van der Waals surface area contributed by atoms with E-state index in [-0.39, 0.29) is 17.9 Å². The Balaban J connectivity index is 2.09. The fourth-order valence-electron chi connectivity index (χ4n) is 2.53. The topological polar surface area (TPSA) is 68.0 Å². The Hall–Kier alpha value is -1.13. The number of amides is 1. The molecule has 2 rings (SSSR count). The lowest BCUT2D eigenvalue weighted by Gasteiger charge is -2.20. The van der Waals surface area contributed by atoms with Crippen molar-refractivity contribution in [3.05, 3.63) is 23.0 Å². The van der Waals surface area contributed by atoms with Crippen molar-refractivity contribution in [2.24, 2.45) is 11.7 Å². The van der Waals surface area contributed by atoms with Gasteiger partial charge in [0.1, 0.15) is 0 Å². The van der Waals surface area contributed by atoms with Crippen LogP contribution in [-0.4, -0.2) is 16.9 Å². The van der Waals surface area contributed by atoms with E-state index in [0.717, 1.165) is 37.7 Å². The molecule has 0 bridgehead atoms. The van der Waals surface area contributed by atoms with Crippen LogP contribution in [-0.2, 0) is 4.79 Å². The fourth-order valence-corrected chi connectivity index (χ4v) is 2.68. The van der Waals surface area contributed by atoms with E-state index in [0.29, 0.717) is 10.8 Å². The smallest absolute Gasteiger partial charge is 0.229 e. The number of nitrogens with two attached hydrogens (primary N) is 1. The highest BCUT2D eigenvalue weighted by Gasteiger charge is 2.27. The van der Waals surface area contributed by atoms with Crippen LogP contribution in [0.3, 0.4) is 0 Å². The zero-order chi connectivity index (χ0) is 13.8. The van der Waals surface area contributed by atoms with Crippen molar-refractivity contribution in [1.29, 1.82) is 0 Å². The molecular weight excluding hydrogens is 262 g/mol. The molecule has 1 aliphatic carbocycles. The molecule has 0 saturated heterocycles. The van der Waals surface area contributed by atoms with Crippen molar-refractivity contribution in [3.63, 3.8) is 0 Å². The predicted octanol–water partition coefficient (Wildman–Crippen LogP) is 2.89. The van der Waals surface area contributed by atoms with Crippen LogP contribution >= 0.6 is 11.6 Å². The number of hydrogen-bond donors (Lipinski definition) is 2. The Morgan fingerprint density at radius 2 is 2.16 bits per heavy atom. The van der Waals surface area contributed by atoms with Gasteiger partial charge in [0.05, 0.1) is 11.6 Å². The largest absolute Gasteiger partial charge is 0.327 e. The molecule has 1 aliphatic rings. The van der Waals surface area contributed by atoms with Gasteiger partial charge in [0.15, 0.2) is 5.15 Å². The highest BCUT2D eigenvalue weighted by atomic mass is 35.5. The van der Waals surface area contributed by atoms with Crippen LogP contribution < -0.4 is 11.1 Å². The minimum Gasteiger partial charge on any atom is -0.327 e. The van der Waals surface area contributed by atoms with E-state index < -0.39 is 0 Å². The second-order valence-electron chi connectivity index (χ2n) is 5.25. The van der Waals surface area contributed by atoms with E-state index in [1.165, 1.54) is 0 Å². The number of nitrogens with zero attached hydrogens (tertiary/aromatic N) is 1. The SMILES string of the molecule is Cc1cnc(Cl)c(NC(=O)C2CCCCCC2N)c1. The second-order valence-corrected chi connectivity index (χ2v) is 5.61. The number of aromatic nitrogens is 1. The van der Waals surface area contributed by atoms with Gasteiger partial charge in [-0.05, 0) is 31.4 Å². The van der Waals surface area contributed by atoms with Gasteiger partial charge in [-0.25, -0.2) is 4.98 Å². The first-order valence-electron chi connectivity index (χ1n) is 6.76. The van der Waals surface area contributed by atoms with Crippen molar-refractivity contribution in [1.82, 2.24) is 4.98 Å². The van der Waals surface area contributed by atoms with Crippen molar-refractivity contribution >= 4 is 23.2 Å². The predicted molar refractivity (Wildman–Crippen MR) is 77.2 cm³/mol. The molecule has 2 atom stereocenters. The summed E-state index contributed by atoms with van der Waals surface area (Å²) in [5, 5.41) is 3.19. The van der Waals surface area contributed by atoms with Gasteiger partial charge in [0.25, 0.3) is 0 Å². The van der Waals surface area contributed by atoms with Gasteiger partial charge in [-0.1, -0.05) is 30.9 Å². The van der Waals surface area contributed by atoms with E-state index in [1.54, 1.807) is 6.20 Å². The first-order valence-corrected chi connectivity index (χ1v) is 7.14. The number of hydrogen-bond acceptors (Lipinski definition) is 3. The van der Waals surface area contributed by atoms with Gasteiger partial charge in [-0.15, -0.1) is 0 Å². The summed E-state index contributed by atoms with van der Waals surface area (Å²) < 4.78 is 0. The molecule has 1 aromatic rings. The monoisotopic (exact) mass is 281 g/mol. The van der Waals surface area contributed by atoms with E-state index in [1.807, 2.05) is 13.0 Å². The minimum atomic E-state index is -0.126. The maximum Gasteiger partial charge on any atom is 0.229 e. The molecule has 4 nitrogen and oxygen atoms in total. The molecule has 0 spiro atoms. The third-order valence-corrected chi connectivity index (χ3v) is 3.94. The van der Waals surface area contributed by atoms with Gasteiger partial charge in [0.2, 0.25) is 5.91 Å². The average molecular weight is 282 g/mol. The molecule has 2 unspecified atom stereocenters. The van der Waals surface area contributed by atoms with E-state index >= 15 is 0 Å². The summed E-state index contributed by atoms with van der Waals surface area (Å²) in [7, 11) is 0. The van der Waals surface area contributed by atoms with Crippen molar-refractivity contribution in [2.75, 3.05) is 5.32 Å². The number of anilines is 1. The van der Waals surface area contributed by atoms with Gasteiger partial charge < -0.3 is 11.1 Å². The van der Waals surface area contributed by atoms with Gasteiger partial charge in [-0.2, -0.15) is 0 Å². The van der Waals surface area contributed by atoms with Gasteiger partial charge in [0, 0.05) is 12.2 Å². The van der Waals surface area contributed by atoms with E-state index in [2.05, 4.69) is 10.3 Å². The molecule has 1 heterocycles. The lowest BCUT2D eigenvalue weighted by molar-refractivity contribution is -0.120. The Morgan fingerprint density at radius 3 is 2.95 bits per heavy atom. The van der Waals surface area contributed by atoms with Crippen LogP contribution in [0, 0.1) is 12.8 Å². The summed E-state index contributed by atoms with van der Waals surface area (Å²) in [6.07, 6.45) is 6.77. The van der Waals surface area contributed by atoms with E-state index in [4.69, 9.17) is 17.3 Å². The minimum absolute atomic E-state index is 0.0382. The summed E-state index contributed by atoms with van der Waals surface area (Å²) >= 11 is 5.99. The highest BCUT2D eigenvalue weighted by molar-refractivity contribution is 6.32. The normalized spacial score (nSPS) is 23.7. The maximum atomic E-state index is 12.3. The number of aryl methyl sites for hydroxylation is 1. The van der Waals surface area contributed by atoms with Gasteiger partial charge in [-0.3, -0.25) is 4.79 Å². The Morgan fingerprint density at radius 1 is 1.42 bits per heavy atom. The van der Waals surface area contributed by atoms with Crippen molar-refractivity contribution in [2.45, 2.75) is 45.1 Å². The Kier molecular flexibility index (Phi) is 4.77. The Labute approximate surface area is 118 Å². The van der Waals surface area contributed by atoms with Crippen molar-refractivity contribution in [3.8, 4) is 0 Å². The molecule has 3 N–H and O–H groups in total. The van der Waals surface area contributed by atoms with Gasteiger partial charge >= 0.3 is 0 Å². The number of nitrogens with one attached hydrogen (secondary N) is 1. The van der Waals surface area contributed by atoms with E-state index in [9.17, 15) is 4.79 Å². The van der Waals surface area contributed by atoms with Crippen LogP contribution in [0.4, 0.5) is 5.69 Å². The molecule has 1 amide bonds. The molecule has 0 aliphatic heterocycles. The zero-order valence-electron chi connectivity index (χ0n) is 11.2. The van der Waals surface area contributed by atoms with Crippen LogP contribution in [0.2, 0.25) is 5.15 Å². The quantitative estimate of drug-likeness (QED) is 0.647. The van der Waals surface area contributed by atoms with Crippen LogP contribution in [0.1, 0.15) is 37.7 Å². The average Bonchev–Trinajstić information content (AvgIpc) is 2.58. The highest BCUT2D eigenvalue weighted by Crippen LogP contribution is 2.25. The second kappa shape index (κ2) is 6.35. The summed E-state index contributed by atoms with van der Waals surface area (Å²) in [6.45, 7) is 1.91. The number of pyridine rings is 1. The number of carbonyl (C=O) groups is 1. The first-order chi connectivity index (χ1) is 9.08. The third-order valence-electron chi connectivity index (χ3n) is 3.64. The molecule has 1 fully saturated rings. The zero-order valence-corrected chi connectivity index (χ0v) is 11.9. The van der Waals surface area contributed by atoms with Crippen molar-refractivity contribution < 1.29 is 4.79 Å². The van der Waals surface area contributed by atoms with Crippen LogP contribution in [0.5, 0.6) is 0 Å². The third kappa shape index (κ3) is 3.67. The Bertz CT molecular complexity index is 464. The molecule has 0 radical (unpaired) electrons. The summed E-state index contributed by atoms with van der Waals surface area (Å²) in [5.41, 5.74) is 7.63. The molecule has 5 heteroatoms. The van der Waals surface area contributed by atoms with Crippen LogP contribution in [0.15, 0.2) is 12.3 Å². The number of halogens is 1.